The Hall–Kier alpha value is -3.23. The van der Waals surface area contributed by atoms with Gasteiger partial charge in [-0.25, -0.2) is 4.39 Å². The number of halogens is 1. The molecule has 0 spiro atoms. The van der Waals surface area contributed by atoms with Crippen molar-refractivity contribution in [1.29, 1.82) is 0 Å². The minimum Gasteiger partial charge on any atom is -0.343 e. The van der Waals surface area contributed by atoms with Gasteiger partial charge in [0.15, 0.2) is 5.69 Å². The summed E-state index contributed by atoms with van der Waals surface area (Å²) in [7, 11) is 0. The first-order chi connectivity index (χ1) is 12.9. The second-order valence-electron chi connectivity index (χ2n) is 6.38. The molecule has 0 unspecified atom stereocenters. The van der Waals surface area contributed by atoms with Crippen LogP contribution in [0.5, 0.6) is 0 Å². The van der Waals surface area contributed by atoms with Crippen LogP contribution < -0.4 is 10.6 Å². The molecule has 0 saturated carbocycles. The number of aromatic amines is 1. The molecule has 1 aliphatic rings. The number of benzene rings is 1. The molecule has 2 aromatic rings. The van der Waals surface area contributed by atoms with Gasteiger partial charge < -0.3 is 15.5 Å². The minimum absolute atomic E-state index is 0.00319. The zero-order valence-corrected chi connectivity index (χ0v) is 14.8. The van der Waals surface area contributed by atoms with Crippen LogP contribution in [-0.4, -0.2) is 45.9 Å². The van der Waals surface area contributed by atoms with E-state index in [1.807, 2.05) is 0 Å². The van der Waals surface area contributed by atoms with Gasteiger partial charge in [0.2, 0.25) is 11.8 Å². The number of carbonyl (C=O) groups is 3. The highest BCUT2D eigenvalue weighted by Crippen LogP contribution is 2.21. The maximum absolute atomic E-state index is 13.0. The lowest BCUT2D eigenvalue weighted by Gasteiger charge is -2.30. The maximum Gasteiger partial charge on any atom is 0.278 e. The first kappa shape index (κ1) is 18.6. The molecule has 1 aromatic heterocycles. The molecule has 142 valence electrons. The summed E-state index contributed by atoms with van der Waals surface area (Å²) in [5.74, 6) is -1.37. The second-order valence-corrected chi connectivity index (χ2v) is 6.38. The lowest BCUT2D eigenvalue weighted by atomic mass is 9.96. The Morgan fingerprint density at radius 2 is 1.81 bits per heavy atom. The molecule has 1 saturated heterocycles. The second kappa shape index (κ2) is 7.98. The third-order valence-corrected chi connectivity index (χ3v) is 4.53. The summed E-state index contributed by atoms with van der Waals surface area (Å²) < 4.78 is 13.0. The molecule has 0 aliphatic carbocycles. The molecule has 3 N–H and O–H groups in total. The van der Waals surface area contributed by atoms with Crippen LogP contribution in [0.3, 0.4) is 0 Å². The van der Waals surface area contributed by atoms with E-state index in [1.165, 1.54) is 37.4 Å². The van der Waals surface area contributed by atoms with Gasteiger partial charge in [-0.1, -0.05) is 0 Å². The van der Waals surface area contributed by atoms with Crippen molar-refractivity contribution in [2.45, 2.75) is 19.8 Å². The minimum atomic E-state index is -0.524. The summed E-state index contributed by atoms with van der Waals surface area (Å²) in [5.41, 5.74) is 0.723. The molecule has 27 heavy (non-hydrogen) atoms. The number of nitrogens with zero attached hydrogens (tertiary/aromatic N) is 2. The molecular weight excluding hydrogens is 353 g/mol. The molecule has 1 aliphatic heterocycles. The summed E-state index contributed by atoms with van der Waals surface area (Å²) in [6.45, 7) is 2.59. The highest BCUT2D eigenvalue weighted by molar-refractivity contribution is 6.08. The molecule has 3 rings (SSSR count). The monoisotopic (exact) mass is 373 g/mol. The Bertz CT molecular complexity index is 841. The van der Waals surface area contributed by atoms with Gasteiger partial charge in [-0.2, -0.15) is 5.10 Å². The van der Waals surface area contributed by atoms with Gasteiger partial charge in [0.25, 0.3) is 5.91 Å². The van der Waals surface area contributed by atoms with Crippen LogP contribution in [-0.2, 0) is 9.59 Å². The molecule has 0 radical (unpaired) electrons. The van der Waals surface area contributed by atoms with Crippen LogP contribution in [0.4, 0.5) is 15.8 Å². The molecule has 9 heteroatoms. The summed E-state index contributed by atoms with van der Waals surface area (Å²) in [6, 6.07) is 5.33. The van der Waals surface area contributed by atoms with E-state index in [0.29, 0.717) is 31.6 Å². The number of nitrogens with one attached hydrogen (secondary N) is 3. The quantitative estimate of drug-likeness (QED) is 0.762. The topological polar surface area (TPSA) is 107 Å². The van der Waals surface area contributed by atoms with E-state index in [0.717, 1.165) is 0 Å². The highest BCUT2D eigenvalue weighted by atomic mass is 19.1. The Morgan fingerprint density at radius 1 is 1.15 bits per heavy atom. The van der Waals surface area contributed by atoms with Gasteiger partial charge in [-0.05, 0) is 37.1 Å². The number of carbonyl (C=O) groups excluding carboxylic acids is 3. The standard InChI is InChI=1S/C18H20FN5O3/c1-11(25)24-8-6-12(7-9-24)17(26)22-15-10-20-23-16(15)18(27)21-14-4-2-13(19)3-5-14/h2-5,10,12H,6-9H2,1H3,(H,20,23)(H,21,27)(H,22,26). The fraction of sp³-hybridized carbons (Fsp3) is 0.333. The van der Waals surface area contributed by atoms with E-state index >= 15 is 0 Å². The van der Waals surface area contributed by atoms with E-state index in [-0.39, 0.29) is 29.1 Å². The van der Waals surface area contributed by atoms with Crippen molar-refractivity contribution < 1.29 is 18.8 Å². The van der Waals surface area contributed by atoms with Gasteiger partial charge in [-0.15, -0.1) is 0 Å². The van der Waals surface area contributed by atoms with Crippen LogP contribution >= 0.6 is 0 Å². The number of anilines is 2. The third-order valence-electron chi connectivity index (χ3n) is 4.53. The maximum atomic E-state index is 13.0. The number of aromatic nitrogens is 2. The van der Waals surface area contributed by atoms with Gasteiger partial charge in [0, 0.05) is 37.8 Å². The van der Waals surface area contributed by atoms with Crippen molar-refractivity contribution in [2.75, 3.05) is 23.7 Å². The number of hydrogen-bond acceptors (Lipinski definition) is 4. The van der Waals surface area contributed by atoms with Gasteiger partial charge in [0.1, 0.15) is 5.82 Å². The van der Waals surface area contributed by atoms with E-state index in [1.54, 1.807) is 4.90 Å². The first-order valence-electron chi connectivity index (χ1n) is 8.61. The third kappa shape index (κ3) is 4.49. The van der Waals surface area contributed by atoms with Gasteiger partial charge >= 0.3 is 0 Å². The molecule has 1 fully saturated rings. The summed E-state index contributed by atoms with van der Waals surface area (Å²) >= 11 is 0. The zero-order valence-electron chi connectivity index (χ0n) is 14.8. The molecule has 0 atom stereocenters. The smallest absolute Gasteiger partial charge is 0.278 e. The summed E-state index contributed by atoms with van der Waals surface area (Å²) in [4.78, 5) is 37.9. The summed E-state index contributed by atoms with van der Waals surface area (Å²) in [6.07, 6.45) is 2.57. The number of amides is 3. The highest BCUT2D eigenvalue weighted by Gasteiger charge is 2.27. The van der Waals surface area contributed by atoms with Crippen LogP contribution in [0.25, 0.3) is 0 Å². The first-order valence-corrected chi connectivity index (χ1v) is 8.61. The predicted molar refractivity (Wildman–Crippen MR) is 96.5 cm³/mol. The zero-order chi connectivity index (χ0) is 19.4. The predicted octanol–water partition coefficient (Wildman–Crippen LogP) is 2.00. The number of H-pyrrole nitrogens is 1. The SMILES string of the molecule is CC(=O)N1CCC(C(=O)Nc2c[nH]nc2C(=O)Nc2ccc(F)cc2)CC1. The molecule has 0 bridgehead atoms. The fourth-order valence-corrected chi connectivity index (χ4v) is 2.97. The largest absolute Gasteiger partial charge is 0.343 e. The average Bonchev–Trinajstić information content (AvgIpc) is 3.12. The number of rotatable bonds is 4. The molecule has 1 aromatic carbocycles. The van der Waals surface area contributed by atoms with E-state index in [9.17, 15) is 18.8 Å². The average molecular weight is 373 g/mol. The van der Waals surface area contributed by atoms with Crippen molar-refractivity contribution in [3.63, 3.8) is 0 Å². The Balaban J connectivity index is 1.61. The molecule has 8 nitrogen and oxygen atoms in total. The lowest BCUT2D eigenvalue weighted by molar-refractivity contribution is -0.132. The van der Waals surface area contributed by atoms with E-state index < -0.39 is 11.7 Å². The molecular formula is C18H20FN5O3. The van der Waals surface area contributed by atoms with Crippen molar-refractivity contribution in [3.8, 4) is 0 Å². The number of piperidine rings is 1. The number of likely N-dealkylation sites (tertiary alicyclic amines) is 1. The number of hydrogen-bond donors (Lipinski definition) is 3. The fourth-order valence-electron chi connectivity index (χ4n) is 2.97. The Labute approximate surface area is 155 Å². The summed E-state index contributed by atoms with van der Waals surface area (Å²) in [5, 5.41) is 11.8. The van der Waals surface area contributed by atoms with Gasteiger partial charge in [0.05, 0.1) is 5.69 Å². The van der Waals surface area contributed by atoms with E-state index in [2.05, 4.69) is 20.8 Å². The Morgan fingerprint density at radius 3 is 2.44 bits per heavy atom. The normalized spacial score (nSPS) is 14.7. The van der Waals surface area contributed by atoms with Crippen molar-refractivity contribution in [2.24, 2.45) is 5.92 Å². The Kier molecular flexibility index (Phi) is 5.49. The molecule has 3 amide bonds. The van der Waals surface area contributed by atoms with Crippen LogP contribution in [0.15, 0.2) is 30.5 Å². The van der Waals surface area contributed by atoms with Crippen LogP contribution in [0.2, 0.25) is 0 Å². The lowest BCUT2D eigenvalue weighted by Crippen LogP contribution is -2.40. The van der Waals surface area contributed by atoms with Gasteiger partial charge in [-0.3, -0.25) is 19.5 Å². The molecule has 2 heterocycles. The van der Waals surface area contributed by atoms with Crippen LogP contribution in [0.1, 0.15) is 30.3 Å². The van der Waals surface area contributed by atoms with Crippen molar-refractivity contribution in [1.82, 2.24) is 15.1 Å². The van der Waals surface area contributed by atoms with Crippen molar-refractivity contribution in [3.05, 3.63) is 42.0 Å². The van der Waals surface area contributed by atoms with Crippen molar-refractivity contribution >= 4 is 29.1 Å². The van der Waals surface area contributed by atoms with E-state index in [4.69, 9.17) is 0 Å². The van der Waals surface area contributed by atoms with Crippen LogP contribution in [0, 0.1) is 11.7 Å².